The maximum absolute atomic E-state index is 13.4. The lowest BCUT2D eigenvalue weighted by Crippen LogP contribution is -2.30. The van der Waals surface area contributed by atoms with Crippen LogP contribution in [0, 0.1) is 10.1 Å². The third-order valence-corrected chi connectivity index (χ3v) is 4.73. The summed E-state index contributed by atoms with van der Waals surface area (Å²) in [6, 6.07) is 6.12. The fraction of sp³-hybridized carbons (Fsp3) is 0.118. The number of tetrazole rings is 1. The minimum absolute atomic E-state index is 0.0721. The van der Waals surface area contributed by atoms with Crippen molar-refractivity contribution in [3.05, 3.63) is 74.0 Å². The highest BCUT2D eigenvalue weighted by molar-refractivity contribution is 6.30. The predicted molar refractivity (Wildman–Crippen MR) is 96.5 cm³/mol. The first-order valence-electron chi connectivity index (χ1n) is 8.37. The van der Waals surface area contributed by atoms with Crippen LogP contribution in [0.1, 0.15) is 32.1 Å². The zero-order valence-electron chi connectivity index (χ0n) is 15.0. The summed E-state index contributed by atoms with van der Waals surface area (Å²) >= 11 is 5.68. The molecule has 0 radical (unpaired) electrons. The molecule has 31 heavy (non-hydrogen) atoms. The number of carbonyl (C=O) groups excluding carboxylic acids is 2. The number of halogens is 4. The van der Waals surface area contributed by atoms with Crippen LogP contribution in [0.25, 0.3) is 5.69 Å². The van der Waals surface area contributed by atoms with Crippen LogP contribution < -0.4 is 0 Å². The van der Waals surface area contributed by atoms with E-state index in [0.717, 1.165) is 28.9 Å². The summed E-state index contributed by atoms with van der Waals surface area (Å²) in [6.07, 6.45) is -4.78. The number of fused-ring (bicyclic) bond motifs is 1. The molecule has 158 valence electrons. The van der Waals surface area contributed by atoms with E-state index in [-0.39, 0.29) is 27.7 Å². The maximum Gasteiger partial charge on any atom is 0.418 e. The van der Waals surface area contributed by atoms with Crippen molar-refractivity contribution in [1.29, 1.82) is 0 Å². The number of imide groups is 1. The van der Waals surface area contributed by atoms with Crippen molar-refractivity contribution in [3.8, 4) is 5.69 Å². The Kier molecular flexibility index (Phi) is 4.69. The van der Waals surface area contributed by atoms with Gasteiger partial charge in [0.25, 0.3) is 17.5 Å². The van der Waals surface area contributed by atoms with Crippen molar-refractivity contribution >= 4 is 29.1 Å². The third kappa shape index (κ3) is 3.48. The van der Waals surface area contributed by atoms with Crippen molar-refractivity contribution in [2.45, 2.75) is 12.7 Å². The first-order valence-corrected chi connectivity index (χ1v) is 8.74. The number of nitro groups is 1. The molecule has 1 aromatic heterocycles. The summed E-state index contributed by atoms with van der Waals surface area (Å²) in [5.41, 5.74) is -2.23. The molecule has 0 fully saturated rings. The minimum atomic E-state index is -4.78. The number of nitrogens with zero attached hydrogens (tertiary/aromatic N) is 6. The zero-order valence-corrected chi connectivity index (χ0v) is 15.8. The molecule has 2 amide bonds. The van der Waals surface area contributed by atoms with Crippen LogP contribution >= 0.6 is 11.6 Å². The van der Waals surface area contributed by atoms with Gasteiger partial charge in [0.15, 0.2) is 5.82 Å². The van der Waals surface area contributed by atoms with Crippen LogP contribution in [0.5, 0.6) is 0 Å². The lowest BCUT2D eigenvalue weighted by atomic mass is 10.1. The minimum Gasteiger partial charge on any atom is -0.269 e. The molecule has 0 bridgehead atoms. The molecule has 0 saturated carbocycles. The van der Waals surface area contributed by atoms with E-state index >= 15 is 0 Å². The monoisotopic (exact) mass is 452 g/mol. The SMILES string of the molecule is O=C1c2ccc([N+](=O)[O-])cc2C(=O)N1Cc1nnnn1-c1ccc(Cl)cc1C(F)(F)F. The number of alkyl halides is 3. The standard InChI is InChI=1S/C17H8ClF3N6O4/c18-8-1-4-13(12(5-8)17(19,20)21)26-14(22-23-24-26)7-25-15(28)10-3-2-9(27(30)31)6-11(10)16(25)29/h1-6H,7H2. The Morgan fingerprint density at radius 2 is 1.77 bits per heavy atom. The first-order chi connectivity index (χ1) is 14.6. The summed E-state index contributed by atoms with van der Waals surface area (Å²) in [4.78, 5) is 36.1. The summed E-state index contributed by atoms with van der Waals surface area (Å²) in [5, 5.41) is 21.3. The molecule has 0 aliphatic carbocycles. The van der Waals surface area contributed by atoms with Gasteiger partial charge in [-0.3, -0.25) is 24.6 Å². The Hall–Kier alpha value is -3.87. The van der Waals surface area contributed by atoms with E-state index in [1.54, 1.807) is 0 Å². The van der Waals surface area contributed by atoms with Crippen molar-refractivity contribution in [3.63, 3.8) is 0 Å². The maximum atomic E-state index is 13.4. The number of non-ortho nitro benzene ring substituents is 1. The Bertz CT molecular complexity index is 1260. The number of amides is 2. The largest absolute Gasteiger partial charge is 0.418 e. The summed E-state index contributed by atoms with van der Waals surface area (Å²) in [5.74, 6) is -1.88. The number of benzene rings is 2. The number of hydrogen-bond acceptors (Lipinski definition) is 7. The van der Waals surface area contributed by atoms with Crippen LogP contribution in [-0.2, 0) is 12.7 Å². The Morgan fingerprint density at radius 1 is 1.06 bits per heavy atom. The average Bonchev–Trinajstić information content (AvgIpc) is 3.26. The molecule has 1 aliphatic rings. The van der Waals surface area contributed by atoms with E-state index in [1.807, 2.05) is 0 Å². The first kappa shape index (κ1) is 20.4. The molecule has 2 aromatic carbocycles. The van der Waals surface area contributed by atoms with Gasteiger partial charge >= 0.3 is 6.18 Å². The lowest BCUT2D eigenvalue weighted by molar-refractivity contribution is -0.384. The molecular formula is C17H8ClF3N6O4. The highest BCUT2D eigenvalue weighted by atomic mass is 35.5. The highest BCUT2D eigenvalue weighted by Crippen LogP contribution is 2.36. The molecule has 0 spiro atoms. The predicted octanol–water partition coefficient (Wildman–Crippen LogP) is 3.04. The van der Waals surface area contributed by atoms with Gasteiger partial charge in [-0.25, -0.2) is 0 Å². The molecule has 0 unspecified atom stereocenters. The smallest absolute Gasteiger partial charge is 0.269 e. The topological polar surface area (TPSA) is 124 Å². The van der Waals surface area contributed by atoms with Gasteiger partial charge in [-0.15, -0.1) is 5.10 Å². The number of nitro benzene ring substituents is 1. The second-order valence-corrected chi connectivity index (χ2v) is 6.79. The van der Waals surface area contributed by atoms with Gasteiger partial charge in [-0.1, -0.05) is 11.6 Å². The Balaban J connectivity index is 1.71. The molecule has 0 saturated heterocycles. The van der Waals surface area contributed by atoms with Gasteiger partial charge in [-0.05, 0) is 34.7 Å². The Labute approximate surface area is 175 Å². The number of rotatable bonds is 4. The van der Waals surface area contributed by atoms with E-state index in [9.17, 15) is 32.9 Å². The normalized spacial score (nSPS) is 13.6. The van der Waals surface area contributed by atoms with E-state index in [1.165, 1.54) is 6.07 Å². The third-order valence-electron chi connectivity index (χ3n) is 4.49. The van der Waals surface area contributed by atoms with E-state index in [0.29, 0.717) is 11.0 Å². The Morgan fingerprint density at radius 3 is 2.45 bits per heavy atom. The van der Waals surface area contributed by atoms with Crippen molar-refractivity contribution in [2.75, 3.05) is 0 Å². The lowest BCUT2D eigenvalue weighted by Gasteiger charge is -2.16. The van der Waals surface area contributed by atoms with Crippen LogP contribution in [0.2, 0.25) is 5.02 Å². The zero-order chi connectivity index (χ0) is 22.5. The molecule has 0 atom stereocenters. The number of aromatic nitrogens is 4. The van der Waals surface area contributed by atoms with Crippen molar-refractivity contribution < 1.29 is 27.7 Å². The van der Waals surface area contributed by atoms with E-state index in [4.69, 9.17) is 11.6 Å². The van der Waals surface area contributed by atoms with Gasteiger partial charge < -0.3 is 0 Å². The van der Waals surface area contributed by atoms with Crippen LogP contribution in [0.15, 0.2) is 36.4 Å². The second kappa shape index (κ2) is 7.12. The quantitative estimate of drug-likeness (QED) is 0.338. The summed E-state index contributed by atoms with van der Waals surface area (Å²) in [7, 11) is 0. The molecule has 0 N–H and O–H groups in total. The van der Waals surface area contributed by atoms with Crippen LogP contribution in [0.3, 0.4) is 0 Å². The molecule has 14 heteroatoms. The second-order valence-electron chi connectivity index (χ2n) is 6.35. The molecule has 10 nitrogen and oxygen atoms in total. The molecule has 1 aliphatic heterocycles. The molecule has 4 rings (SSSR count). The van der Waals surface area contributed by atoms with Crippen molar-refractivity contribution in [1.82, 2.24) is 25.1 Å². The number of carbonyl (C=O) groups is 2. The van der Waals surface area contributed by atoms with E-state index in [2.05, 4.69) is 15.5 Å². The molecule has 2 heterocycles. The van der Waals surface area contributed by atoms with Gasteiger partial charge in [0.2, 0.25) is 0 Å². The summed E-state index contributed by atoms with van der Waals surface area (Å²) in [6.45, 7) is -0.562. The van der Waals surface area contributed by atoms with Crippen LogP contribution in [0.4, 0.5) is 18.9 Å². The average molecular weight is 453 g/mol. The fourth-order valence-corrected chi connectivity index (χ4v) is 3.26. The van der Waals surface area contributed by atoms with Crippen LogP contribution in [-0.4, -0.2) is 41.8 Å². The number of hydrogen-bond donors (Lipinski definition) is 0. The highest BCUT2D eigenvalue weighted by Gasteiger charge is 2.39. The van der Waals surface area contributed by atoms with Crippen molar-refractivity contribution in [2.24, 2.45) is 0 Å². The summed E-state index contributed by atoms with van der Waals surface area (Å²) < 4.78 is 41.1. The van der Waals surface area contributed by atoms with E-state index < -0.39 is 40.7 Å². The van der Waals surface area contributed by atoms with Gasteiger partial charge in [-0.2, -0.15) is 17.9 Å². The fourth-order valence-electron chi connectivity index (χ4n) is 3.09. The molecule has 3 aromatic rings. The van der Waals surface area contributed by atoms with Gasteiger partial charge in [0, 0.05) is 17.2 Å². The molecular weight excluding hydrogens is 445 g/mol. The van der Waals surface area contributed by atoms with Gasteiger partial charge in [0.05, 0.1) is 33.8 Å². The van der Waals surface area contributed by atoms with Gasteiger partial charge in [0.1, 0.15) is 0 Å².